The molecule has 1 unspecified atom stereocenters. The van der Waals surface area contributed by atoms with E-state index in [-0.39, 0.29) is 16.4 Å². The van der Waals surface area contributed by atoms with Crippen LogP contribution in [-0.2, 0) is 9.53 Å². The zero-order valence-electron chi connectivity index (χ0n) is 13.0. The third kappa shape index (κ3) is 4.86. The van der Waals surface area contributed by atoms with Crippen molar-refractivity contribution >= 4 is 40.9 Å². The van der Waals surface area contributed by atoms with Crippen molar-refractivity contribution in [3.63, 3.8) is 0 Å². The Kier molecular flexibility index (Phi) is 6.27. The second kappa shape index (κ2) is 8.21. The highest BCUT2D eigenvalue weighted by Crippen LogP contribution is 2.18. The van der Waals surface area contributed by atoms with Crippen LogP contribution in [0.15, 0.2) is 29.6 Å². The Hall–Kier alpha value is -2.26. The predicted molar refractivity (Wildman–Crippen MR) is 88.7 cm³/mol. The fourth-order valence-corrected chi connectivity index (χ4v) is 2.19. The number of aromatic nitrogens is 2. The molecule has 1 heterocycles. The van der Waals surface area contributed by atoms with Gasteiger partial charge in [0.15, 0.2) is 28.6 Å². The number of benzene rings is 1. The first kappa shape index (κ1) is 19.1. The molecule has 132 valence electrons. The van der Waals surface area contributed by atoms with Gasteiger partial charge in [-0.25, -0.2) is 23.5 Å². The lowest BCUT2D eigenvalue weighted by Gasteiger charge is -2.14. The number of thioether (sulfide) groups is 1. The number of nitrogens with one attached hydrogen (secondary N) is 1. The number of rotatable bonds is 5. The topological polar surface area (TPSA) is 81.2 Å². The highest BCUT2D eigenvalue weighted by atomic mass is 35.5. The zero-order chi connectivity index (χ0) is 18.6. The lowest BCUT2D eigenvalue weighted by Crippen LogP contribution is -2.30. The molecule has 0 fully saturated rings. The molecule has 6 nitrogen and oxygen atoms in total. The molecule has 0 aliphatic heterocycles. The normalized spacial score (nSPS) is 11.7. The molecule has 1 amide bonds. The fraction of sp³-hybridized carbons (Fsp3) is 0.200. The van der Waals surface area contributed by atoms with Crippen LogP contribution in [0.5, 0.6) is 0 Å². The molecule has 0 aliphatic rings. The summed E-state index contributed by atoms with van der Waals surface area (Å²) in [4.78, 5) is 31.9. The highest BCUT2D eigenvalue weighted by molar-refractivity contribution is 7.98. The average molecular weight is 388 g/mol. The summed E-state index contributed by atoms with van der Waals surface area (Å²) in [5.41, 5.74) is -0.148. The second-order valence-corrected chi connectivity index (χ2v) is 5.90. The van der Waals surface area contributed by atoms with E-state index in [1.54, 1.807) is 6.26 Å². The Morgan fingerprint density at radius 2 is 2.04 bits per heavy atom. The lowest BCUT2D eigenvalue weighted by molar-refractivity contribution is -0.123. The Labute approximate surface area is 150 Å². The molecule has 0 saturated carbocycles. The molecule has 1 aromatic heterocycles. The summed E-state index contributed by atoms with van der Waals surface area (Å²) in [5, 5.41) is 2.61. The molecule has 0 radical (unpaired) electrons. The van der Waals surface area contributed by atoms with Gasteiger partial charge >= 0.3 is 5.97 Å². The van der Waals surface area contributed by atoms with Crippen molar-refractivity contribution in [2.45, 2.75) is 18.2 Å². The number of amides is 1. The molecule has 0 bridgehead atoms. The van der Waals surface area contributed by atoms with Crippen molar-refractivity contribution in [2.75, 3.05) is 11.6 Å². The van der Waals surface area contributed by atoms with Crippen molar-refractivity contribution in [1.82, 2.24) is 9.97 Å². The maximum absolute atomic E-state index is 13.1. The predicted octanol–water partition coefficient (Wildman–Crippen LogP) is 3.31. The van der Waals surface area contributed by atoms with Gasteiger partial charge in [0.25, 0.3) is 5.91 Å². The molecule has 2 rings (SSSR count). The molecule has 25 heavy (non-hydrogen) atoms. The van der Waals surface area contributed by atoms with E-state index in [9.17, 15) is 18.4 Å². The Bertz CT molecular complexity index is 823. The molecule has 1 aromatic carbocycles. The van der Waals surface area contributed by atoms with Crippen LogP contribution < -0.4 is 5.32 Å². The number of halogens is 3. The summed E-state index contributed by atoms with van der Waals surface area (Å²) < 4.78 is 31.0. The second-order valence-electron chi connectivity index (χ2n) is 4.72. The number of hydrogen-bond donors (Lipinski definition) is 1. The Morgan fingerprint density at radius 1 is 1.32 bits per heavy atom. The largest absolute Gasteiger partial charge is 0.448 e. The number of hydrogen-bond acceptors (Lipinski definition) is 6. The van der Waals surface area contributed by atoms with Crippen molar-refractivity contribution in [1.29, 1.82) is 0 Å². The number of anilines is 1. The molecule has 0 aliphatic carbocycles. The van der Waals surface area contributed by atoms with Crippen molar-refractivity contribution in [2.24, 2.45) is 0 Å². The summed E-state index contributed by atoms with van der Waals surface area (Å²) in [5.74, 6) is -3.79. The van der Waals surface area contributed by atoms with Crippen molar-refractivity contribution in [3.05, 3.63) is 46.7 Å². The molecular weight excluding hydrogens is 376 g/mol. The van der Waals surface area contributed by atoms with Crippen LogP contribution in [0.3, 0.4) is 0 Å². The minimum Gasteiger partial charge on any atom is -0.448 e. The van der Waals surface area contributed by atoms with Gasteiger partial charge in [-0.3, -0.25) is 4.79 Å². The molecule has 0 spiro atoms. The van der Waals surface area contributed by atoms with E-state index in [0.717, 1.165) is 12.1 Å². The third-order valence-electron chi connectivity index (χ3n) is 2.94. The first-order valence-electron chi connectivity index (χ1n) is 6.85. The van der Waals surface area contributed by atoms with Crippen molar-refractivity contribution < 1.29 is 23.1 Å². The van der Waals surface area contributed by atoms with Crippen LogP contribution >= 0.6 is 23.4 Å². The van der Waals surface area contributed by atoms with Crippen molar-refractivity contribution in [3.8, 4) is 0 Å². The van der Waals surface area contributed by atoms with Crippen LogP contribution in [0.2, 0.25) is 5.02 Å². The SMILES string of the molecule is CSc1ncc(Cl)c(C(=O)OC(C)C(=O)Nc2ccc(F)c(F)c2)n1. The molecule has 2 aromatic rings. The van der Waals surface area contributed by atoms with Gasteiger partial charge < -0.3 is 10.1 Å². The van der Waals surface area contributed by atoms with Gasteiger partial charge in [-0.1, -0.05) is 23.4 Å². The van der Waals surface area contributed by atoms with E-state index in [1.165, 1.54) is 30.9 Å². The summed E-state index contributed by atoms with van der Waals surface area (Å²) in [6.45, 7) is 1.32. The first-order chi connectivity index (χ1) is 11.8. The van der Waals surface area contributed by atoms with E-state index >= 15 is 0 Å². The quantitative estimate of drug-likeness (QED) is 0.481. The van der Waals surface area contributed by atoms with Crippen LogP contribution in [-0.4, -0.2) is 34.2 Å². The van der Waals surface area contributed by atoms with E-state index in [4.69, 9.17) is 16.3 Å². The van der Waals surface area contributed by atoms with Crippen LogP contribution in [0.25, 0.3) is 0 Å². The highest BCUT2D eigenvalue weighted by Gasteiger charge is 2.22. The number of ether oxygens (including phenoxy) is 1. The van der Waals surface area contributed by atoms with Crippen LogP contribution in [0.1, 0.15) is 17.4 Å². The minimum atomic E-state index is -1.22. The molecule has 1 N–H and O–H groups in total. The molecular formula is C15H12ClF2N3O3S. The number of esters is 1. The number of nitrogens with zero attached hydrogens (tertiary/aromatic N) is 2. The summed E-state index contributed by atoms with van der Waals surface area (Å²) in [6.07, 6.45) is 1.75. The fourth-order valence-electron chi connectivity index (χ4n) is 1.68. The zero-order valence-corrected chi connectivity index (χ0v) is 14.6. The summed E-state index contributed by atoms with van der Waals surface area (Å²) >= 11 is 7.06. The van der Waals surface area contributed by atoms with Gasteiger partial charge in [0.05, 0.1) is 11.2 Å². The Balaban J connectivity index is 2.05. The van der Waals surface area contributed by atoms with Gasteiger partial charge in [0.2, 0.25) is 0 Å². The van der Waals surface area contributed by atoms with E-state index in [1.807, 2.05) is 0 Å². The monoisotopic (exact) mass is 387 g/mol. The van der Waals surface area contributed by atoms with E-state index < -0.39 is 29.6 Å². The van der Waals surface area contributed by atoms with E-state index in [0.29, 0.717) is 5.16 Å². The smallest absolute Gasteiger partial charge is 0.359 e. The number of carbonyl (C=O) groups excluding carboxylic acids is 2. The van der Waals surface area contributed by atoms with E-state index in [2.05, 4.69) is 15.3 Å². The third-order valence-corrected chi connectivity index (χ3v) is 3.78. The summed E-state index contributed by atoms with van der Waals surface area (Å²) in [6, 6.07) is 2.86. The Morgan fingerprint density at radius 3 is 2.68 bits per heavy atom. The molecule has 1 atom stereocenters. The molecule has 10 heteroatoms. The standard InChI is InChI=1S/C15H12ClF2N3O3S/c1-7(13(22)20-8-3-4-10(17)11(18)5-8)24-14(23)12-9(16)6-19-15(21-12)25-2/h3-7H,1-2H3,(H,20,22). The van der Waals surface area contributed by atoms with Gasteiger partial charge in [0, 0.05) is 11.8 Å². The van der Waals surface area contributed by atoms with Gasteiger partial charge in [-0.05, 0) is 25.3 Å². The van der Waals surface area contributed by atoms with Crippen LogP contribution in [0.4, 0.5) is 14.5 Å². The first-order valence-corrected chi connectivity index (χ1v) is 8.45. The number of carbonyl (C=O) groups is 2. The lowest BCUT2D eigenvalue weighted by atomic mass is 10.2. The average Bonchev–Trinajstić information content (AvgIpc) is 2.58. The van der Waals surface area contributed by atoms with Gasteiger partial charge in [-0.15, -0.1) is 0 Å². The maximum Gasteiger partial charge on any atom is 0.359 e. The van der Waals surface area contributed by atoms with Gasteiger partial charge in [-0.2, -0.15) is 0 Å². The molecule has 0 saturated heterocycles. The van der Waals surface area contributed by atoms with Crippen LogP contribution in [0, 0.1) is 11.6 Å². The maximum atomic E-state index is 13.1. The van der Waals surface area contributed by atoms with Gasteiger partial charge in [0.1, 0.15) is 0 Å². The minimum absolute atomic E-state index is 0.0176. The summed E-state index contributed by atoms with van der Waals surface area (Å²) in [7, 11) is 0.